The quantitative estimate of drug-likeness (QED) is 0.682. The molecule has 2 aliphatic rings. The van der Waals surface area contributed by atoms with E-state index in [0.29, 0.717) is 31.9 Å². The van der Waals surface area contributed by atoms with Crippen LogP contribution in [0.3, 0.4) is 0 Å². The van der Waals surface area contributed by atoms with Gasteiger partial charge in [-0.25, -0.2) is 4.98 Å². The van der Waals surface area contributed by atoms with Gasteiger partial charge in [-0.15, -0.1) is 0 Å². The lowest BCUT2D eigenvalue weighted by Gasteiger charge is -2.35. The largest absolute Gasteiger partial charge is 0.340 e. The summed E-state index contributed by atoms with van der Waals surface area (Å²) in [6.45, 7) is 5.02. The number of pyridine rings is 1. The summed E-state index contributed by atoms with van der Waals surface area (Å²) in [6, 6.07) is 4.95. The van der Waals surface area contributed by atoms with Gasteiger partial charge in [-0.2, -0.15) is 0 Å². The molecule has 2 saturated heterocycles. The number of halogens is 1. The molecule has 0 aromatic carbocycles. The molecule has 0 spiro atoms. The highest BCUT2D eigenvalue weighted by molar-refractivity contribution is 6.29. The molecule has 3 heterocycles. The lowest BCUT2D eigenvalue weighted by Crippen LogP contribution is -2.51. The number of carbonyl (C=O) groups excluding carboxylic acids is 3. The van der Waals surface area contributed by atoms with Crippen molar-refractivity contribution in [2.75, 3.05) is 59.4 Å². The molecule has 3 amide bonds. The third-order valence-electron chi connectivity index (χ3n) is 5.26. The van der Waals surface area contributed by atoms with Gasteiger partial charge in [0.2, 0.25) is 11.8 Å². The molecular weight excluding hydrogens is 382 g/mol. The van der Waals surface area contributed by atoms with E-state index in [2.05, 4.69) is 9.88 Å². The van der Waals surface area contributed by atoms with E-state index < -0.39 is 0 Å². The van der Waals surface area contributed by atoms with Crippen LogP contribution in [0.5, 0.6) is 0 Å². The molecule has 1 aromatic heterocycles. The van der Waals surface area contributed by atoms with Crippen LogP contribution in [0.15, 0.2) is 18.2 Å². The van der Waals surface area contributed by atoms with Crippen LogP contribution in [-0.4, -0.2) is 102 Å². The van der Waals surface area contributed by atoms with Crippen LogP contribution in [0.1, 0.15) is 23.3 Å². The molecule has 2 fully saturated rings. The summed E-state index contributed by atoms with van der Waals surface area (Å²) < 4.78 is 0. The number of hydrogen-bond acceptors (Lipinski definition) is 5. The predicted octanol–water partition coefficient (Wildman–Crippen LogP) is 0.574. The van der Waals surface area contributed by atoms with Gasteiger partial charge in [-0.1, -0.05) is 17.7 Å². The Hall–Kier alpha value is -2.19. The van der Waals surface area contributed by atoms with Crippen molar-refractivity contribution in [1.29, 1.82) is 0 Å². The minimum Gasteiger partial charge on any atom is -0.340 e. The highest BCUT2D eigenvalue weighted by Crippen LogP contribution is 2.12. The van der Waals surface area contributed by atoms with E-state index in [0.717, 1.165) is 26.2 Å². The summed E-state index contributed by atoms with van der Waals surface area (Å²) >= 11 is 5.85. The standard InChI is InChI=1S/C19H26ClN5O3/c1-22-7-9-23(10-8-22)17(26)5-6-18(27)24-11-13-25(14-12-24)19(28)15-3-2-4-16(20)21-15/h2-4H,5-14H2,1H3. The number of amides is 3. The molecule has 0 atom stereocenters. The van der Waals surface area contributed by atoms with Crippen LogP contribution in [0, 0.1) is 0 Å². The van der Waals surface area contributed by atoms with E-state index >= 15 is 0 Å². The molecule has 2 aliphatic heterocycles. The molecular formula is C19H26ClN5O3. The van der Waals surface area contributed by atoms with Crippen molar-refractivity contribution >= 4 is 29.3 Å². The fraction of sp³-hybridized carbons (Fsp3) is 0.579. The number of carbonyl (C=O) groups is 3. The second-order valence-corrected chi connectivity index (χ2v) is 7.59. The Balaban J connectivity index is 1.42. The van der Waals surface area contributed by atoms with Crippen molar-refractivity contribution in [2.24, 2.45) is 0 Å². The van der Waals surface area contributed by atoms with Gasteiger partial charge in [0.05, 0.1) is 0 Å². The van der Waals surface area contributed by atoms with Gasteiger partial charge in [0.25, 0.3) is 5.91 Å². The predicted molar refractivity (Wildman–Crippen MR) is 105 cm³/mol. The van der Waals surface area contributed by atoms with Crippen molar-refractivity contribution in [2.45, 2.75) is 12.8 Å². The number of rotatable bonds is 4. The zero-order valence-corrected chi connectivity index (χ0v) is 16.9. The monoisotopic (exact) mass is 407 g/mol. The molecule has 0 radical (unpaired) electrons. The number of hydrogen-bond donors (Lipinski definition) is 0. The van der Waals surface area contributed by atoms with E-state index in [4.69, 9.17) is 11.6 Å². The molecule has 1 aromatic rings. The molecule has 3 rings (SSSR count). The van der Waals surface area contributed by atoms with Crippen LogP contribution in [0.25, 0.3) is 0 Å². The van der Waals surface area contributed by atoms with Crippen molar-refractivity contribution < 1.29 is 14.4 Å². The Kier molecular flexibility index (Phi) is 6.85. The van der Waals surface area contributed by atoms with Crippen LogP contribution >= 0.6 is 11.6 Å². The van der Waals surface area contributed by atoms with Crippen LogP contribution in [-0.2, 0) is 9.59 Å². The molecule has 9 heteroatoms. The molecule has 0 saturated carbocycles. The molecule has 28 heavy (non-hydrogen) atoms. The van der Waals surface area contributed by atoms with Crippen molar-refractivity contribution in [1.82, 2.24) is 24.6 Å². The lowest BCUT2D eigenvalue weighted by molar-refractivity contribution is -0.138. The molecule has 0 bridgehead atoms. The first-order chi connectivity index (χ1) is 13.4. The first-order valence-electron chi connectivity index (χ1n) is 9.60. The van der Waals surface area contributed by atoms with Gasteiger partial charge in [-0.3, -0.25) is 14.4 Å². The zero-order chi connectivity index (χ0) is 20.1. The molecule has 0 unspecified atom stereocenters. The van der Waals surface area contributed by atoms with Crippen molar-refractivity contribution in [3.63, 3.8) is 0 Å². The SMILES string of the molecule is CN1CCN(C(=O)CCC(=O)N2CCN(C(=O)c3cccc(Cl)n3)CC2)CC1. The maximum absolute atomic E-state index is 12.5. The maximum Gasteiger partial charge on any atom is 0.272 e. The summed E-state index contributed by atoms with van der Waals surface area (Å²) in [5.41, 5.74) is 0.310. The summed E-state index contributed by atoms with van der Waals surface area (Å²) in [5.74, 6) is -0.169. The summed E-state index contributed by atoms with van der Waals surface area (Å²) in [4.78, 5) is 48.7. The van der Waals surface area contributed by atoms with Gasteiger partial charge in [0.1, 0.15) is 10.8 Å². The van der Waals surface area contributed by atoms with Gasteiger partial charge in [-0.05, 0) is 19.2 Å². The maximum atomic E-state index is 12.5. The Morgan fingerprint density at radius 3 is 1.89 bits per heavy atom. The fourth-order valence-electron chi connectivity index (χ4n) is 3.43. The van der Waals surface area contributed by atoms with Gasteiger partial charge in [0.15, 0.2) is 0 Å². The Morgan fingerprint density at radius 2 is 1.36 bits per heavy atom. The van der Waals surface area contributed by atoms with Crippen LogP contribution in [0.2, 0.25) is 5.15 Å². The highest BCUT2D eigenvalue weighted by atomic mass is 35.5. The average Bonchev–Trinajstić information content (AvgIpc) is 2.72. The number of piperazine rings is 2. The smallest absolute Gasteiger partial charge is 0.272 e. The van der Waals surface area contributed by atoms with Crippen LogP contribution < -0.4 is 0 Å². The number of nitrogens with zero attached hydrogens (tertiary/aromatic N) is 5. The van der Waals surface area contributed by atoms with Gasteiger partial charge >= 0.3 is 0 Å². The van der Waals surface area contributed by atoms with Crippen molar-refractivity contribution in [3.8, 4) is 0 Å². The van der Waals surface area contributed by atoms with Crippen LogP contribution in [0.4, 0.5) is 0 Å². The number of likely N-dealkylation sites (N-methyl/N-ethyl adjacent to an activating group) is 1. The molecule has 152 valence electrons. The first kappa shape index (κ1) is 20.5. The van der Waals surface area contributed by atoms with Gasteiger partial charge in [0, 0.05) is 65.2 Å². The second kappa shape index (κ2) is 9.34. The first-order valence-corrected chi connectivity index (χ1v) is 9.98. The second-order valence-electron chi connectivity index (χ2n) is 7.20. The fourth-order valence-corrected chi connectivity index (χ4v) is 3.60. The third kappa shape index (κ3) is 5.20. The van der Waals surface area contributed by atoms with E-state index in [9.17, 15) is 14.4 Å². The van der Waals surface area contributed by atoms with Crippen molar-refractivity contribution in [3.05, 3.63) is 29.0 Å². The molecule has 8 nitrogen and oxygen atoms in total. The van der Waals surface area contributed by atoms with E-state index in [1.54, 1.807) is 28.0 Å². The minimum atomic E-state index is -0.181. The summed E-state index contributed by atoms with van der Waals surface area (Å²) in [6.07, 6.45) is 0.461. The Morgan fingerprint density at radius 1 is 0.857 bits per heavy atom. The molecule has 0 aliphatic carbocycles. The summed E-state index contributed by atoms with van der Waals surface area (Å²) in [7, 11) is 2.04. The zero-order valence-electron chi connectivity index (χ0n) is 16.1. The third-order valence-corrected chi connectivity index (χ3v) is 5.47. The minimum absolute atomic E-state index is 0.0320. The van der Waals surface area contributed by atoms with E-state index in [1.165, 1.54) is 0 Å². The topological polar surface area (TPSA) is 77.1 Å². The normalized spacial score (nSPS) is 18.3. The molecule has 0 N–H and O–H groups in total. The Bertz CT molecular complexity index is 728. The Labute approximate surface area is 170 Å². The highest BCUT2D eigenvalue weighted by Gasteiger charge is 2.26. The van der Waals surface area contributed by atoms with E-state index in [1.807, 2.05) is 11.9 Å². The summed E-state index contributed by atoms with van der Waals surface area (Å²) in [5, 5.41) is 0.282. The average molecular weight is 408 g/mol. The van der Waals surface area contributed by atoms with E-state index in [-0.39, 0.29) is 35.7 Å². The van der Waals surface area contributed by atoms with Gasteiger partial charge < -0.3 is 19.6 Å². The number of aromatic nitrogens is 1. The lowest BCUT2D eigenvalue weighted by atomic mass is 10.2.